The van der Waals surface area contributed by atoms with Gasteiger partial charge in [-0.05, 0) is 56.5 Å². The Bertz CT molecular complexity index is 1680. The number of aromatic nitrogens is 4. The van der Waals surface area contributed by atoms with Crippen LogP contribution in [-0.2, 0) is 0 Å². The number of rotatable bonds is 9. The number of hydrogen-bond acceptors (Lipinski definition) is 7. The minimum Gasteiger partial charge on any atom is -0.391 e. The highest BCUT2D eigenvalue weighted by Crippen LogP contribution is 2.31. The van der Waals surface area contributed by atoms with Crippen molar-refractivity contribution in [2.45, 2.75) is 39.3 Å². The lowest BCUT2D eigenvalue weighted by Gasteiger charge is -2.42. The number of aryl methyl sites for hydroxylation is 1. The summed E-state index contributed by atoms with van der Waals surface area (Å²) >= 11 is 0. The molecule has 1 unspecified atom stereocenters. The van der Waals surface area contributed by atoms with Crippen molar-refractivity contribution in [2.24, 2.45) is 0 Å². The van der Waals surface area contributed by atoms with Crippen LogP contribution in [0.4, 0.5) is 11.5 Å². The van der Waals surface area contributed by atoms with Crippen LogP contribution in [0, 0.1) is 13.8 Å². The fourth-order valence-electron chi connectivity index (χ4n) is 6.20. The van der Waals surface area contributed by atoms with Crippen LogP contribution in [0.15, 0.2) is 85.2 Å². The van der Waals surface area contributed by atoms with Gasteiger partial charge in [-0.15, -0.1) is 12.4 Å². The second-order valence-corrected chi connectivity index (χ2v) is 11.7. The molecule has 3 heterocycles. The number of likely N-dealkylation sites (N-methyl/N-ethyl adjacent to an activating group) is 1. The maximum absolute atomic E-state index is 11.1. The van der Waals surface area contributed by atoms with Crippen LogP contribution < -0.4 is 9.80 Å². The van der Waals surface area contributed by atoms with Crippen LogP contribution in [0.3, 0.4) is 0 Å². The van der Waals surface area contributed by atoms with E-state index in [0.717, 1.165) is 54.4 Å². The van der Waals surface area contributed by atoms with Crippen molar-refractivity contribution in [3.8, 4) is 17.1 Å². The number of para-hydroxylation sites is 1. The van der Waals surface area contributed by atoms with Crippen molar-refractivity contribution in [1.29, 1.82) is 0 Å². The third-order valence-corrected chi connectivity index (χ3v) is 8.75. The van der Waals surface area contributed by atoms with Gasteiger partial charge in [0.2, 0.25) is 0 Å². The van der Waals surface area contributed by atoms with E-state index in [0.29, 0.717) is 24.8 Å². The summed E-state index contributed by atoms with van der Waals surface area (Å²) in [5.41, 5.74) is 7.50. The van der Waals surface area contributed by atoms with Gasteiger partial charge in [0.25, 0.3) is 0 Å². The van der Waals surface area contributed by atoms with Crippen molar-refractivity contribution < 1.29 is 5.11 Å². The number of aliphatic hydroxyl groups is 1. The summed E-state index contributed by atoms with van der Waals surface area (Å²) in [5, 5.41) is 11.1. The SMILES string of the molecule is Cc1cccc(N2CCN(CCC(O)CN(C)c3ncnc4c3nc(-c3ccccc3)n4-c3ccccc3)[C@H](C)C2)c1C.Cl. The van der Waals surface area contributed by atoms with E-state index in [-0.39, 0.29) is 12.4 Å². The van der Waals surface area contributed by atoms with Gasteiger partial charge >= 0.3 is 0 Å². The van der Waals surface area contributed by atoms with Crippen LogP contribution in [0.1, 0.15) is 24.5 Å². The van der Waals surface area contributed by atoms with E-state index in [1.54, 1.807) is 6.33 Å². The highest BCUT2D eigenvalue weighted by Gasteiger charge is 2.26. The molecule has 2 aromatic heterocycles. The third kappa shape index (κ3) is 6.43. The average Bonchev–Trinajstić information content (AvgIpc) is 3.42. The first kappa shape index (κ1) is 31.4. The van der Waals surface area contributed by atoms with Crippen LogP contribution in [0.5, 0.6) is 0 Å². The summed E-state index contributed by atoms with van der Waals surface area (Å²) in [5.74, 6) is 1.53. The first-order chi connectivity index (χ1) is 20.9. The summed E-state index contributed by atoms with van der Waals surface area (Å²) < 4.78 is 2.08. The lowest BCUT2D eigenvalue weighted by molar-refractivity contribution is 0.124. The van der Waals surface area contributed by atoms with Gasteiger partial charge in [0.1, 0.15) is 12.2 Å². The molecule has 230 valence electrons. The van der Waals surface area contributed by atoms with Gasteiger partial charge in [-0.2, -0.15) is 0 Å². The molecule has 3 aromatic carbocycles. The fraction of sp³-hybridized carbons (Fsp3) is 0.343. The number of benzene rings is 3. The number of aliphatic hydroxyl groups excluding tert-OH is 1. The van der Waals surface area contributed by atoms with Crippen LogP contribution in [0.2, 0.25) is 0 Å². The van der Waals surface area contributed by atoms with E-state index < -0.39 is 6.10 Å². The molecule has 44 heavy (non-hydrogen) atoms. The van der Waals surface area contributed by atoms with Crippen LogP contribution in [0.25, 0.3) is 28.2 Å². The molecule has 9 heteroatoms. The Morgan fingerprint density at radius 3 is 2.39 bits per heavy atom. The second-order valence-electron chi connectivity index (χ2n) is 11.7. The second kappa shape index (κ2) is 13.8. The van der Waals surface area contributed by atoms with Crippen molar-refractivity contribution in [2.75, 3.05) is 49.6 Å². The number of anilines is 2. The topological polar surface area (TPSA) is 73.6 Å². The Balaban J connectivity index is 0.00000384. The summed E-state index contributed by atoms with van der Waals surface area (Å²) in [4.78, 5) is 21.4. The van der Waals surface area contributed by atoms with Gasteiger partial charge in [-0.3, -0.25) is 9.47 Å². The predicted molar refractivity (Wildman–Crippen MR) is 182 cm³/mol. The van der Waals surface area contributed by atoms with E-state index in [2.05, 4.69) is 87.6 Å². The Morgan fingerprint density at radius 2 is 1.66 bits per heavy atom. The highest BCUT2D eigenvalue weighted by atomic mass is 35.5. The normalized spacial score (nSPS) is 16.1. The minimum absolute atomic E-state index is 0. The van der Waals surface area contributed by atoms with Crippen molar-refractivity contribution in [3.63, 3.8) is 0 Å². The number of hydrogen-bond donors (Lipinski definition) is 1. The molecule has 0 radical (unpaired) electrons. The molecule has 0 bridgehead atoms. The molecular weight excluding hydrogens is 570 g/mol. The lowest BCUT2D eigenvalue weighted by Crippen LogP contribution is -2.52. The van der Waals surface area contributed by atoms with E-state index in [1.807, 2.05) is 48.3 Å². The van der Waals surface area contributed by atoms with Crippen molar-refractivity contribution in [3.05, 3.63) is 96.3 Å². The smallest absolute Gasteiger partial charge is 0.170 e. The van der Waals surface area contributed by atoms with Gasteiger partial charge in [0.05, 0.1) is 6.10 Å². The first-order valence-electron chi connectivity index (χ1n) is 15.2. The maximum atomic E-state index is 11.1. The van der Waals surface area contributed by atoms with Gasteiger partial charge in [-0.1, -0.05) is 60.7 Å². The van der Waals surface area contributed by atoms with Crippen LogP contribution >= 0.6 is 12.4 Å². The minimum atomic E-state index is -0.496. The van der Waals surface area contributed by atoms with E-state index in [4.69, 9.17) is 4.98 Å². The summed E-state index contributed by atoms with van der Waals surface area (Å²) in [7, 11) is 1.97. The zero-order valence-corrected chi connectivity index (χ0v) is 26.8. The third-order valence-electron chi connectivity index (χ3n) is 8.75. The fourth-order valence-corrected chi connectivity index (χ4v) is 6.20. The Morgan fingerprint density at radius 1 is 0.932 bits per heavy atom. The molecule has 0 saturated carbocycles. The summed E-state index contributed by atoms with van der Waals surface area (Å²) in [6, 6.07) is 27.3. The summed E-state index contributed by atoms with van der Waals surface area (Å²) in [6.45, 7) is 11.0. The lowest BCUT2D eigenvalue weighted by atomic mass is 10.1. The number of fused-ring (bicyclic) bond motifs is 1. The van der Waals surface area contributed by atoms with Gasteiger partial charge in [-0.25, -0.2) is 15.0 Å². The van der Waals surface area contributed by atoms with Gasteiger partial charge in [0.15, 0.2) is 17.0 Å². The molecule has 1 saturated heterocycles. The molecule has 8 nitrogen and oxygen atoms in total. The monoisotopic (exact) mass is 611 g/mol. The Labute approximate surface area is 266 Å². The molecule has 0 aliphatic carbocycles. The molecule has 1 fully saturated rings. The number of nitrogens with zero attached hydrogens (tertiary/aromatic N) is 7. The molecule has 6 rings (SSSR count). The van der Waals surface area contributed by atoms with E-state index >= 15 is 0 Å². The van der Waals surface area contributed by atoms with Gasteiger partial charge < -0.3 is 14.9 Å². The number of imidazole rings is 1. The number of halogens is 1. The zero-order valence-electron chi connectivity index (χ0n) is 26.0. The number of piperazine rings is 1. The Hall–Kier alpha value is -3.98. The quantitative estimate of drug-likeness (QED) is 0.222. The molecule has 1 N–H and O–H groups in total. The molecule has 2 atom stereocenters. The van der Waals surface area contributed by atoms with Gasteiger partial charge in [0, 0.05) is 62.8 Å². The molecular formula is C35H42ClN7O. The molecule has 0 spiro atoms. The molecule has 0 amide bonds. The van der Waals surface area contributed by atoms with E-state index in [9.17, 15) is 5.11 Å². The molecule has 1 aliphatic rings. The predicted octanol–water partition coefficient (Wildman–Crippen LogP) is 5.92. The summed E-state index contributed by atoms with van der Waals surface area (Å²) in [6.07, 6.45) is 1.79. The molecule has 1 aliphatic heterocycles. The standard InChI is InChI=1S/C35H41N7O.ClH/c1-25-12-11-17-31(27(25)3)41-21-20-40(26(2)22-41)19-18-30(43)23-39(4)34-32-35(37-24-36-34)42(29-15-9-6-10-16-29)33(38-32)28-13-7-5-8-14-28;/h5-17,24,26,30,43H,18-23H2,1-4H3;1H/t26-,30?;/m1./s1. The first-order valence-corrected chi connectivity index (χ1v) is 15.2. The van der Waals surface area contributed by atoms with Crippen molar-refractivity contribution >= 4 is 35.1 Å². The van der Waals surface area contributed by atoms with E-state index in [1.165, 1.54) is 16.8 Å². The highest BCUT2D eigenvalue weighted by molar-refractivity contribution is 5.88. The average molecular weight is 612 g/mol. The largest absolute Gasteiger partial charge is 0.391 e. The van der Waals surface area contributed by atoms with Crippen LogP contribution in [-0.4, -0.2) is 81.4 Å². The Kier molecular flexibility index (Phi) is 9.84. The molecule has 5 aromatic rings. The zero-order chi connectivity index (χ0) is 29.9. The van der Waals surface area contributed by atoms with Crippen molar-refractivity contribution in [1.82, 2.24) is 24.4 Å². The maximum Gasteiger partial charge on any atom is 0.170 e.